The van der Waals surface area contributed by atoms with Gasteiger partial charge in [-0.25, -0.2) is 0 Å². The predicted octanol–water partition coefficient (Wildman–Crippen LogP) is 3.63. The second kappa shape index (κ2) is 4.80. The van der Waals surface area contributed by atoms with Crippen LogP contribution in [0.3, 0.4) is 0 Å². The minimum atomic E-state index is -0.342. The summed E-state index contributed by atoms with van der Waals surface area (Å²) < 4.78 is 0. The summed E-state index contributed by atoms with van der Waals surface area (Å²) in [4.78, 5) is 0. The molecule has 0 aliphatic rings. The van der Waals surface area contributed by atoms with Crippen LogP contribution in [0.15, 0.2) is 18.2 Å². The summed E-state index contributed by atoms with van der Waals surface area (Å²) >= 11 is 0. The summed E-state index contributed by atoms with van der Waals surface area (Å²) in [5.74, 6) is 0.798. The second-order valence-corrected chi connectivity index (χ2v) is 4.91. The fourth-order valence-electron chi connectivity index (χ4n) is 1.81. The molecule has 0 spiro atoms. The van der Waals surface area contributed by atoms with Gasteiger partial charge in [-0.15, -0.1) is 0 Å². The van der Waals surface area contributed by atoms with Crippen molar-refractivity contribution in [2.45, 2.75) is 40.7 Å². The van der Waals surface area contributed by atoms with Crippen LogP contribution in [-0.2, 0) is 0 Å². The van der Waals surface area contributed by atoms with E-state index in [-0.39, 0.29) is 6.10 Å². The van der Waals surface area contributed by atoms with Gasteiger partial charge in [0.1, 0.15) is 0 Å². The van der Waals surface area contributed by atoms with E-state index in [9.17, 15) is 5.11 Å². The molecular formula is C14H22O. The Balaban J connectivity index is 2.96. The van der Waals surface area contributed by atoms with E-state index in [1.165, 1.54) is 11.1 Å². The van der Waals surface area contributed by atoms with Crippen molar-refractivity contribution in [1.82, 2.24) is 0 Å². The number of aliphatic hydroxyl groups excluding tert-OH is 1. The van der Waals surface area contributed by atoms with Crippen molar-refractivity contribution in [2.24, 2.45) is 11.8 Å². The van der Waals surface area contributed by atoms with Crippen LogP contribution in [0.2, 0.25) is 0 Å². The molecule has 15 heavy (non-hydrogen) atoms. The first-order valence-electron chi connectivity index (χ1n) is 5.68. The first kappa shape index (κ1) is 12.3. The minimum absolute atomic E-state index is 0.298. The standard InChI is InChI=1S/C14H22O/c1-9(2)12(5)14(15)13-7-6-10(3)8-11(13)4/h6-9,12,14-15H,1-5H3. The van der Waals surface area contributed by atoms with Crippen molar-refractivity contribution < 1.29 is 5.11 Å². The normalized spacial score (nSPS) is 15.4. The van der Waals surface area contributed by atoms with Gasteiger partial charge in [0.15, 0.2) is 0 Å². The summed E-state index contributed by atoms with van der Waals surface area (Å²) in [6.07, 6.45) is -0.342. The summed E-state index contributed by atoms with van der Waals surface area (Å²) in [6, 6.07) is 6.25. The molecule has 1 nitrogen and oxygen atoms in total. The highest BCUT2D eigenvalue weighted by molar-refractivity contribution is 5.32. The molecule has 1 aromatic rings. The molecule has 0 amide bonds. The molecule has 1 heteroatoms. The van der Waals surface area contributed by atoms with Gasteiger partial charge < -0.3 is 5.11 Å². The lowest BCUT2D eigenvalue weighted by Crippen LogP contribution is -2.15. The Bertz CT molecular complexity index is 328. The molecule has 2 unspecified atom stereocenters. The highest BCUT2D eigenvalue weighted by Gasteiger charge is 2.20. The summed E-state index contributed by atoms with van der Waals surface area (Å²) in [6.45, 7) is 10.6. The Hall–Kier alpha value is -0.820. The predicted molar refractivity (Wildman–Crippen MR) is 64.9 cm³/mol. The molecular weight excluding hydrogens is 184 g/mol. The van der Waals surface area contributed by atoms with Crippen LogP contribution in [0.25, 0.3) is 0 Å². The molecule has 0 saturated heterocycles. The first-order chi connectivity index (χ1) is 6.93. The van der Waals surface area contributed by atoms with Crippen molar-refractivity contribution in [3.8, 4) is 0 Å². The van der Waals surface area contributed by atoms with Gasteiger partial charge in [0.25, 0.3) is 0 Å². The highest BCUT2D eigenvalue weighted by Crippen LogP contribution is 2.29. The number of rotatable bonds is 3. The number of benzene rings is 1. The van der Waals surface area contributed by atoms with Gasteiger partial charge in [0, 0.05) is 0 Å². The SMILES string of the molecule is Cc1ccc(C(O)C(C)C(C)C)c(C)c1. The molecule has 0 fully saturated rings. The first-order valence-corrected chi connectivity index (χ1v) is 5.68. The Kier molecular flexibility index (Phi) is 3.92. The maximum Gasteiger partial charge on any atom is 0.0820 e. The van der Waals surface area contributed by atoms with Crippen LogP contribution in [0.5, 0.6) is 0 Å². The molecule has 0 heterocycles. The van der Waals surface area contributed by atoms with E-state index in [1.807, 2.05) is 6.07 Å². The van der Waals surface area contributed by atoms with Gasteiger partial charge in [0.05, 0.1) is 6.10 Å². The fraction of sp³-hybridized carbons (Fsp3) is 0.571. The van der Waals surface area contributed by atoms with Crippen molar-refractivity contribution in [1.29, 1.82) is 0 Å². The molecule has 1 rings (SSSR count). The lowest BCUT2D eigenvalue weighted by Gasteiger charge is -2.24. The maximum absolute atomic E-state index is 10.2. The monoisotopic (exact) mass is 206 g/mol. The summed E-state index contributed by atoms with van der Waals surface area (Å²) in [7, 11) is 0. The molecule has 0 aliphatic carbocycles. The number of hydrogen-bond acceptors (Lipinski definition) is 1. The van der Waals surface area contributed by atoms with Crippen LogP contribution in [0, 0.1) is 25.7 Å². The average Bonchev–Trinajstić information content (AvgIpc) is 2.15. The van der Waals surface area contributed by atoms with Crippen molar-refractivity contribution in [3.63, 3.8) is 0 Å². The van der Waals surface area contributed by atoms with Gasteiger partial charge in [-0.05, 0) is 36.8 Å². The maximum atomic E-state index is 10.2. The van der Waals surface area contributed by atoms with Gasteiger partial charge in [-0.3, -0.25) is 0 Å². The van der Waals surface area contributed by atoms with Crippen molar-refractivity contribution in [3.05, 3.63) is 34.9 Å². The Morgan fingerprint density at radius 1 is 1.07 bits per heavy atom. The van der Waals surface area contributed by atoms with Crippen molar-refractivity contribution in [2.75, 3.05) is 0 Å². The topological polar surface area (TPSA) is 20.2 Å². The zero-order valence-electron chi connectivity index (χ0n) is 10.4. The van der Waals surface area contributed by atoms with E-state index in [0.717, 1.165) is 5.56 Å². The fourth-order valence-corrected chi connectivity index (χ4v) is 1.81. The van der Waals surface area contributed by atoms with Crippen LogP contribution in [-0.4, -0.2) is 5.11 Å². The highest BCUT2D eigenvalue weighted by atomic mass is 16.3. The molecule has 0 saturated carbocycles. The number of aliphatic hydroxyl groups is 1. The van der Waals surface area contributed by atoms with Gasteiger partial charge >= 0.3 is 0 Å². The zero-order valence-corrected chi connectivity index (χ0v) is 10.4. The van der Waals surface area contributed by atoms with Crippen LogP contribution in [0.1, 0.15) is 43.6 Å². The van der Waals surface area contributed by atoms with E-state index in [1.54, 1.807) is 0 Å². The van der Waals surface area contributed by atoms with Gasteiger partial charge in [0.2, 0.25) is 0 Å². The average molecular weight is 206 g/mol. The van der Waals surface area contributed by atoms with E-state index in [0.29, 0.717) is 11.8 Å². The largest absolute Gasteiger partial charge is 0.388 e. The quantitative estimate of drug-likeness (QED) is 0.800. The number of hydrogen-bond donors (Lipinski definition) is 1. The van der Waals surface area contributed by atoms with Gasteiger partial charge in [-0.2, -0.15) is 0 Å². The second-order valence-electron chi connectivity index (χ2n) is 4.91. The van der Waals surface area contributed by atoms with Crippen LogP contribution < -0.4 is 0 Å². The molecule has 84 valence electrons. The molecule has 0 aliphatic heterocycles. The van der Waals surface area contributed by atoms with Crippen LogP contribution >= 0.6 is 0 Å². The lowest BCUT2D eigenvalue weighted by atomic mass is 9.86. The van der Waals surface area contributed by atoms with Crippen molar-refractivity contribution >= 4 is 0 Å². The molecule has 1 N–H and O–H groups in total. The molecule has 1 aromatic carbocycles. The third-order valence-corrected chi connectivity index (χ3v) is 3.29. The number of aryl methyl sites for hydroxylation is 2. The van der Waals surface area contributed by atoms with E-state index in [4.69, 9.17) is 0 Å². The molecule has 0 radical (unpaired) electrons. The van der Waals surface area contributed by atoms with Gasteiger partial charge in [-0.1, -0.05) is 44.5 Å². The zero-order chi connectivity index (χ0) is 11.6. The van der Waals surface area contributed by atoms with E-state index >= 15 is 0 Å². The summed E-state index contributed by atoms with van der Waals surface area (Å²) in [5.41, 5.74) is 3.51. The Morgan fingerprint density at radius 3 is 2.13 bits per heavy atom. The Morgan fingerprint density at radius 2 is 1.67 bits per heavy atom. The molecule has 2 atom stereocenters. The molecule has 0 aromatic heterocycles. The Labute approximate surface area is 93.1 Å². The van der Waals surface area contributed by atoms with Crippen LogP contribution in [0.4, 0.5) is 0 Å². The summed E-state index contributed by atoms with van der Waals surface area (Å²) in [5, 5.41) is 10.2. The molecule has 0 bridgehead atoms. The smallest absolute Gasteiger partial charge is 0.0820 e. The lowest BCUT2D eigenvalue weighted by molar-refractivity contribution is 0.0915. The van der Waals surface area contributed by atoms with E-state index < -0.39 is 0 Å². The third kappa shape index (κ3) is 2.82. The third-order valence-electron chi connectivity index (χ3n) is 3.29. The minimum Gasteiger partial charge on any atom is -0.388 e. The van der Waals surface area contributed by atoms with E-state index in [2.05, 4.69) is 46.8 Å².